The van der Waals surface area contributed by atoms with Gasteiger partial charge < -0.3 is 10.4 Å². The van der Waals surface area contributed by atoms with E-state index in [2.05, 4.69) is 15.3 Å². The van der Waals surface area contributed by atoms with Crippen LogP contribution in [0.1, 0.15) is 23.5 Å². The summed E-state index contributed by atoms with van der Waals surface area (Å²) in [6.45, 7) is 0. The molecular weight excluding hydrogens is 555 g/mol. The van der Waals surface area contributed by atoms with Crippen molar-refractivity contribution in [1.82, 2.24) is 20.2 Å². The molecule has 5 rings (SSSR count). The molecule has 0 saturated carbocycles. The van der Waals surface area contributed by atoms with E-state index in [0.717, 1.165) is 25.0 Å². The number of benzene rings is 1. The summed E-state index contributed by atoms with van der Waals surface area (Å²) in [7, 11) is 0. The number of aliphatic carboxylic acids is 1. The molecule has 0 spiro atoms. The lowest BCUT2D eigenvalue weighted by atomic mass is 10.0. The number of β-lactam (4-membered cyclic amide) rings is 1. The number of hydrogen-bond donors (Lipinski definition) is 2. The number of fused-ring (bicyclic) bond motifs is 2. The number of halogens is 2. The molecule has 1 aromatic heterocycles. The fraction of sp³-hybridized carbons (Fsp3) is 0.320. The van der Waals surface area contributed by atoms with Crippen molar-refractivity contribution in [2.24, 2.45) is 0 Å². The Kier molecular flexibility index (Phi) is 7.80. The summed E-state index contributed by atoms with van der Waals surface area (Å²) in [4.78, 5) is 48.4. The maximum Gasteiger partial charge on any atom is 0.352 e. The fourth-order valence-electron chi connectivity index (χ4n) is 4.48. The molecule has 2 amide bonds. The third kappa shape index (κ3) is 5.52. The Hall–Kier alpha value is -2.53. The quantitative estimate of drug-likeness (QED) is 0.359. The zero-order valence-electron chi connectivity index (χ0n) is 19.4. The van der Waals surface area contributed by atoms with Crippen molar-refractivity contribution in [3.8, 4) is 0 Å². The van der Waals surface area contributed by atoms with E-state index in [1.807, 2.05) is 12.3 Å². The van der Waals surface area contributed by atoms with Crippen molar-refractivity contribution < 1.29 is 19.5 Å². The molecule has 2 aromatic rings. The van der Waals surface area contributed by atoms with Crippen LogP contribution in [-0.2, 0) is 33.6 Å². The van der Waals surface area contributed by atoms with Crippen molar-refractivity contribution in [1.29, 1.82) is 0 Å². The summed E-state index contributed by atoms with van der Waals surface area (Å²) in [6.07, 6.45) is 8.97. The van der Waals surface area contributed by atoms with Gasteiger partial charge in [0.2, 0.25) is 5.91 Å². The van der Waals surface area contributed by atoms with Crippen LogP contribution in [0.25, 0.3) is 0 Å². The number of thioether (sulfide) groups is 2. The normalized spacial score (nSPS) is 20.6. The summed E-state index contributed by atoms with van der Waals surface area (Å²) in [5, 5.41) is 13.1. The van der Waals surface area contributed by atoms with Crippen molar-refractivity contribution in [2.45, 2.75) is 42.0 Å². The van der Waals surface area contributed by atoms with Crippen LogP contribution in [-0.4, -0.2) is 60.7 Å². The predicted molar refractivity (Wildman–Crippen MR) is 144 cm³/mol. The summed E-state index contributed by atoms with van der Waals surface area (Å²) < 4.78 is 0. The van der Waals surface area contributed by atoms with E-state index in [-0.39, 0.29) is 17.4 Å². The van der Waals surface area contributed by atoms with Crippen LogP contribution in [0.4, 0.5) is 0 Å². The lowest BCUT2D eigenvalue weighted by molar-refractivity contribution is -0.150. The van der Waals surface area contributed by atoms with Crippen LogP contribution in [0.2, 0.25) is 10.0 Å². The summed E-state index contributed by atoms with van der Waals surface area (Å²) in [6, 6.07) is 4.20. The molecule has 2 aliphatic heterocycles. The number of hydrogen-bond acceptors (Lipinski definition) is 7. The van der Waals surface area contributed by atoms with Crippen LogP contribution in [0.15, 0.2) is 52.7 Å². The van der Waals surface area contributed by atoms with Gasteiger partial charge in [0.25, 0.3) is 5.91 Å². The van der Waals surface area contributed by atoms with E-state index in [1.54, 1.807) is 24.3 Å². The average molecular weight is 578 g/mol. The first-order valence-electron chi connectivity index (χ1n) is 11.6. The van der Waals surface area contributed by atoms with Crippen LogP contribution in [0, 0.1) is 0 Å². The molecule has 1 aromatic carbocycles. The van der Waals surface area contributed by atoms with Gasteiger partial charge in [-0.25, -0.2) is 14.8 Å². The third-order valence-corrected chi connectivity index (χ3v) is 9.29. The second-order valence-corrected chi connectivity index (χ2v) is 11.7. The van der Waals surface area contributed by atoms with Crippen LogP contribution < -0.4 is 5.32 Å². The monoisotopic (exact) mass is 576 g/mol. The lowest BCUT2D eigenvalue weighted by Crippen LogP contribution is -2.70. The number of carbonyl (C=O) groups excluding carboxylic acids is 2. The first-order chi connectivity index (χ1) is 17.8. The van der Waals surface area contributed by atoms with E-state index in [1.165, 1.54) is 34.0 Å². The molecule has 1 fully saturated rings. The zero-order chi connectivity index (χ0) is 26.1. The molecule has 2 atom stereocenters. The highest BCUT2D eigenvalue weighted by Gasteiger charge is 2.53. The number of allylic oxidation sites excluding steroid dienone is 2. The molecule has 0 bridgehead atoms. The van der Waals surface area contributed by atoms with Gasteiger partial charge in [-0.15, -0.1) is 23.5 Å². The summed E-state index contributed by atoms with van der Waals surface area (Å²) in [5.74, 6) is -0.834. The molecular formula is C25H22Cl2N4O4S2. The number of carboxylic acid groups (broad SMARTS) is 1. The van der Waals surface area contributed by atoms with Crippen molar-refractivity contribution in [2.75, 3.05) is 11.5 Å². The van der Waals surface area contributed by atoms with Gasteiger partial charge in [0, 0.05) is 34.0 Å². The number of aromatic nitrogens is 2. The number of amides is 2. The first kappa shape index (κ1) is 26.1. The van der Waals surface area contributed by atoms with Gasteiger partial charge >= 0.3 is 5.97 Å². The van der Waals surface area contributed by atoms with Gasteiger partial charge in [-0.05, 0) is 48.6 Å². The first-order valence-corrected chi connectivity index (χ1v) is 14.4. The van der Waals surface area contributed by atoms with Crippen LogP contribution in [0.5, 0.6) is 0 Å². The predicted octanol–water partition coefficient (Wildman–Crippen LogP) is 3.90. The number of carbonyl (C=O) groups is 3. The fourth-order valence-corrected chi connectivity index (χ4v) is 7.10. The lowest BCUT2D eigenvalue weighted by Gasteiger charge is -2.49. The largest absolute Gasteiger partial charge is 0.477 e. The zero-order valence-corrected chi connectivity index (χ0v) is 22.6. The highest BCUT2D eigenvalue weighted by atomic mass is 35.5. The molecule has 12 heteroatoms. The minimum atomic E-state index is -1.18. The Morgan fingerprint density at radius 1 is 1.30 bits per heavy atom. The van der Waals surface area contributed by atoms with Crippen LogP contribution in [0.3, 0.4) is 0 Å². The SMILES string of the molecule is O=C(CSc1cc(Cl)ccc1Cl)NC1C(=O)N2C(C(=O)O)=C(/C=C/Cc3ncc4c(n3)CCC4)CSC12. The Labute approximate surface area is 231 Å². The van der Waals surface area contributed by atoms with Gasteiger partial charge in [0.15, 0.2) is 0 Å². The molecule has 8 nitrogen and oxygen atoms in total. The second kappa shape index (κ2) is 11.1. The molecule has 192 valence electrons. The Bertz CT molecular complexity index is 1350. The molecule has 1 aliphatic carbocycles. The number of rotatable bonds is 8. The number of nitrogens with zero attached hydrogens (tertiary/aromatic N) is 3. The van der Waals surface area contributed by atoms with Gasteiger partial charge in [-0.3, -0.25) is 14.5 Å². The second-order valence-electron chi connectivity index (χ2n) is 8.72. The minimum absolute atomic E-state index is 0.0433. The van der Waals surface area contributed by atoms with Gasteiger partial charge in [0.1, 0.15) is 22.9 Å². The Morgan fingerprint density at radius 2 is 2.14 bits per heavy atom. The highest BCUT2D eigenvalue weighted by Crippen LogP contribution is 2.41. The number of carboxylic acids is 1. The van der Waals surface area contributed by atoms with Gasteiger partial charge in [-0.2, -0.15) is 0 Å². The smallest absolute Gasteiger partial charge is 0.352 e. The van der Waals surface area contributed by atoms with Gasteiger partial charge in [-0.1, -0.05) is 35.4 Å². The third-order valence-electron chi connectivity index (χ3n) is 6.25. The molecule has 1 saturated heterocycles. The van der Waals surface area contributed by atoms with Crippen molar-refractivity contribution in [3.63, 3.8) is 0 Å². The Morgan fingerprint density at radius 3 is 2.95 bits per heavy atom. The van der Waals surface area contributed by atoms with E-state index >= 15 is 0 Å². The Balaban J connectivity index is 1.22. The standard InChI is InChI=1S/C25H22Cl2N4O4S2/c26-15-7-8-16(27)18(9-15)36-12-20(32)30-21-23(33)31-22(25(34)35)14(11-37-24(21)31)4-2-6-19-28-10-13-3-1-5-17(13)29-19/h2,4,7-10,21,24H,1,3,5-6,11-12H2,(H,30,32)(H,34,35)/b4-2+. The minimum Gasteiger partial charge on any atom is -0.477 e. The molecule has 2 N–H and O–H groups in total. The summed E-state index contributed by atoms with van der Waals surface area (Å²) in [5.41, 5.74) is 2.78. The van der Waals surface area contributed by atoms with E-state index < -0.39 is 23.3 Å². The topological polar surface area (TPSA) is 112 Å². The molecule has 37 heavy (non-hydrogen) atoms. The van der Waals surface area contributed by atoms with E-state index in [4.69, 9.17) is 23.2 Å². The summed E-state index contributed by atoms with van der Waals surface area (Å²) >= 11 is 14.8. The highest BCUT2D eigenvalue weighted by molar-refractivity contribution is 8.00. The number of aryl methyl sites for hydroxylation is 2. The molecule has 3 aliphatic rings. The van der Waals surface area contributed by atoms with E-state index in [9.17, 15) is 19.5 Å². The molecule has 2 unspecified atom stereocenters. The van der Waals surface area contributed by atoms with Gasteiger partial charge in [0.05, 0.1) is 10.8 Å². The van der Waals surface area contributed by atoms with Crippen LogP contribution >= 0.6 is 46.7 Å². The van der Waals surface area contributed by atoms with Crippen molar-refractivity contribution in [3.05, 3.63) is 74.9 Å². The maximum atomic E-state index is 12.9. The molecule has 0 radical (unpaired) electrons. The van der Waals surface area contributed by atoms with E-state index in [0.29, 0.717) is 38.5 Å². The number of nitrogens with one attached hydrogen (secondary N) is 1. The average Bonchev–Trinajstić information content (AvgIpc) is 3.35. The maximum absolute atomic E-state index is 12.9. The molecule has 3 heterocycles. The van der Waals surface area contributed by atoms with Crippen molar-refractivity contribution >= 4 is 64.5 Å².